The molecular weight excluding hydrogens is 254 g/mol. The van der Waals surface area contributed by atoms with Crippen LogP contribution in [0.1, 0.15) is 47.0 Å². The van der Waals surface area contributed by atoms with Crippen LogP contribution in [0.15, 0.2) is 0 Å². The minimum atomic E-state index is -0.632. The van der Waals surface area contributed by atoms with E-state index in [0.29, 0.717) is 6.10 Å². The summed E-state index contributed by atoms with van der Waals surface area (Å²) in [4.78, 5) is 14.1. The molecule has 1 heterocycles. The Bertz CT molecular complexity index is 307. The molecule has 1 fully saturated rings. The van der Waals surface area contributed by atoms with E-state index in [1.165, 1.54) is 0 Å². The van der Waals surface area contributed by atoms with Gasteiger partial charge in [-0.15, -0.1) is 0 Å². The van der Waals surface area contributed by atoms with Crippen molar-refractivity contribution in [1.29, 1.82) is 0 Å². The molecule has 0 bridgehead atoms. The maximum atomic E-state index is 11.7. The molecule has 0 spiro atoms. The van der Waals surface area contributed by atoms with Gasteiger partial charge in [0, 0.05) is 25.7 Å². The molecule has 5 nitrogen and oxygen atoms in total. The Morgan fingerprint density at radius 1 is 1.55 bits per heavy atom. The van der Waals surface area contributed by atoms with E-state index in [0.717, 1.165) is 45.5 Å². The Morgan fingerprint density at radius 2 is 2.25 bits per heavy atom. The number of amides is 1. The molecule has 0 radical (unpaired) electrons. The van der Waals surface area contributed by atoms with Gasteiger partial charge in [0.1, 0.15) is 0 Å². The number of primary amides is 1. The molecule has 0 aromatic carbocycles. The fourth-order valence-electron chi connectivity index (χ4n) is 2.87. The molecule has 5 heteroatoms. The SMILES string of the molecule is CCOC1CCCN(CCC(C)(NC(C)C)C(N)=O)C1. The molecule has 3 N–H and O–H groups in total. The first-order valence-electron chi connectivity index (χ1n) is 7.79. The number of nitrogens with two attached hydrogens (primary N) is 1. The number of nitrogens with zero attached hydrogens (tertiary/aromatic N) is 1. The second kappa shape index (κ2) is 7.96. The zero-order valence-electron chi connectivity index (χ0n) is 13.4. The summed E-state index contributed by atoms with van der Waals surface area (Å²) >= 11 is 0. The summed E-state index contributed by atoms with van der Waals surface area (Å²) in [7, 11) is 0. The van der Waals surface area contributed by atoms with Crippen LogP contribution in [0.4, 0.5) is 0 Å². The predicted molar refractivity (Wildman–Crippen MR) is 81.6 cm³/mol. The third-order valence-electron chi connectivity index (χ3n) is 3.94. The van der Waals surface area contributed by atoms with Gasteiger partial charge in [0.05, 0.1) is 11.6 Å². The van der Waals surface area contributed by atoms with E-state index in [-0.39, 0.29) is 11.9 Å². The van der Waals surface area contributed by atoms with Gasteiger partial charge in [-0.2, -0.15) is 0 Å². The lowest BCUT2D eigenvalue weighted by Crippen LogP contribution is -2.57. The van der Waals surface area contributed by atoms with Crippen molar-refractivity contribution in [2.24, 2.45) is 5.73 Å². The number of piperidine rings is 1. The number of rotatable bonds is 8. The van der Waals surface area contributed by atoms with Gasteiger partial charge >= 0.3 is 0 Å². The van der Waals surface area contributed by atoms with Crippen LogP contribution in [-0.4, -0.2) is 54.7 Å². The lowest BCUT2D eigenvalue weighted by molar-refractivity contribution is -0.124. The molecule has 1 saturated heterocycles. The molecule has 2 unspecified atom stereocenters. The molecule has 1 aliphatic rings. The number of hydrogen-bond acceptors (Lipinski definition) is 4. The highest BCUT2D eigenvalue weighted by molar-refractivity contribution is 5.84. The Morgan fingerprint density at radius 3 is 2.80 bits per heavy atom. The van der Waals surface area contributed by atoms with Gasteiger partial charge < -0.3 is 20.7 Å². The topological polar surface area (TPSA) is 67.6 Å². The van der Waals surface area contributed by atoms with Crippen molar-refractivity contribution in [2.75, 3.05) is 26.2 Å². The van der Waals surface area contributed by atoms with Crippen LogP contribution in [0.25, 0.3) is 0 Å². The zero-order valence-corrected chi connectivity index (χ0v) is 13.4. The van der Waals surface area contributed by atoms with Crippen LogP contribution in [0.2, 0.25) is 0 Å². The summed E-state index contributed by atoms with van der Waals surface area (Å²) in [5.41, 5.74) is 4.93. The number of likely N-dealkylation sites (tertiary alicyclic amines) is 1. The highest BCUT2D eigenvalue weighted by Crippen LogP contribution is 2.17. The van der Waals surface area contributed by atoms with Crippen LogP contribution in [0, 0.1) is 0 Å². The van der Waals surface area contributed by atoms with E-state index in [1.807, 2.05) is 27.7 Å². The zero-order chi connectivity index (χ0) is 15.2. The van der Waals surface area contributed by atoms with Crippen molar-refractivity contribution in [3.8, 4) is 0 Å². The molecule has 0 saturated carbocycles. The highest BCUT2D eigenvalue weighted by atomic mass is 16.5. The first-order chi connectivity index (χ1) is 9.37. The monoisotopic (exact) mass is 285 g/mol. The number of carbonyl (C=O) groups is 1. The van der Waals surface area contributed by atoms with Crippen LogP contribution >= 0.6 is 0 Å². The number of ether oxygens (including phenoxy) is 1. The fourth-order valence-corrected chi connectivity index (χ4v) is 2.87. The third kappa shape index (κ3) is 5.38. The Balaban J connectivity index is 2.48. The van der Waals surface area contributed by atoms with Gasteiger partial charge in [-0.05, 0) is 53.5 Å². The second-order valence-electron chi connectivity index (χ2n) is 6.27. The molecule has 1 aliphatic heterocycles. The lowest BCUT2D eigenvalue weighted by Gasteiger charge is -2.36. The second-order valence-corrected chi connectivity index (χ2v) is 6.27. The van der Waals surface area contributed by atoms with Crippen molar-refractivity contribution < 1.29 is 9.53 Å². The maximum Gasteiger partial charge on any atom is 0.237 e. The summed E-state index contributed by atoms with van der Waals surface area (Å²) < 4.78 is 5.71. The van der Waals surface area contributed by atoms with Crippen LogP contribution in [0.5, 0.6) is 0 Å². The van der Waals surface area contributed by atoms with Crippen molar-refractivity contribution in [3.63, 3.8) is 0 Å². The van der Waals surface area contributed by atoms with Crippen LogP contribution < -0.4 is 11.1 Å². The predicted octanol–water partition coefficient (Wildman–Crippen LogP) is 1.12. The molecule has 1 amide bonds. The Labute approximate surface area is 123 Å². The number of carbonyl (C=O) groups excluding carboxylic acids is 1. The molecule has 118 valence electrons. The minimum absolute atomic E-state index is 0.241. The molecule has 2 atom stereocenters. The minimum Gasteiger partial charge on any atom is -0.377 e. The molecule has 0 aromatic rings. The largest absolute Gasteiger partial charge is 0.377 e. The van der Waals surface area contributed by atoms with Gasteiger partial charge in [-0.1, -0.05) is 0 Å². The van der Waals surface area contributed by atoms with Crippen molar-refractivity contribution in [1.82, 2.24) is 10.2 Å². The third-order valence-corrected chi connectivity index (χ3v) is 3.94. The fraction of sp³-hybridized carbons (Fsp3) is 0.933. The van der Waals surface area contributed by atoms with Crippen LogP contribution in [0.3, 0.4) is 0 Å². The standard InChI is InChI=1S/C15H31N3O2/c1-5-20-13-7-6-9-18(11-13)10-8-15(4,14(16)19)17-12(2)3/h12-13,17H,5-11H2,1-4H3,(H2,16,19). The van der Waals surface area contributed by atoms with Crippen molar-refractivity contribution >= 4 is 5.91 Å². The quantitative estimate of drug-likeness (QED) is 0.701. The Hall–Kier alpha value is -0.650. The van der Waals surface area contributed by atoms with Gasteiger partial charge in [0.25, 0.3) is 0 Å². The van der Waals surface area contributed by atoms with E-state index < -0.39 is 5.54 Å². The van der Waals surface area contributed by atoms with E-state index >= 15 is 0 Å². The lowest BCUT2D eigenvalue weighted by atomic mass is 9.95. The summed E-state index contributed by atoms with van der Waals surface area (Å²) in [5.74, 6) is -0.274. The maximum absolute atomic E-state index is 11.7. The van der Waals surface area contributed by atoms with E-state index in [1.54, 1.807) is 0 Å². The molecule has 1 rings (SSSR count). The molecular formula is C15H31N3O2. The van der Waals surface area contributed by atoms with Crippen LogP contribution in [-0.2, 0) is 9.53 Å². The smallest absolute Gasteiger partial charge is 0.237 e. The normalized spacial score (nSPS) is 23.8. The average molecular weight is 285 g/mol. The van der Waals surface area contributed by atoms with Crippen molar-refractivity contribution in [2.45, 2.75) is 64.6 Å². The first-order valence-corrected chi connectivity index (χ1v) is 7.79. The average Bonchev–Trinajstić information content (AvgIpc) is 2.36. The van der Waals surface area contributed by atoms with Gasteiger partial charge in [-0.25, -0.2) is 0 Å². The summed E-state index contributed by atoms with van der Waals surface area (Å²) in [6.07, 6.45) is 3.38. The number of nitrogens with one attached hydrogen (secondary N) is 1. The molecule has 20 heavy (non-hydrogen) atoms. The first kappa shape index (κ1) is 17.4. The van der Waals surface area contributed by atoms with E-state index in [9.17, 15) is 4.79 Å². The van der Waals surface area contributed by atoms with Crippen molar-refractivity contribution in [3.05, 3.63) is 0 Å². The summed E-state index contributed by atoms with van der Waals surface area (Å²) in [5, 5.41) is 3.30. The Kier molecular flexibility index (Phi) is 6.92. The molecule has 0 aromatic heterocycles. The number of hydrogen-bond donors (Lipinski definition) is 2. The van der Waals surface area contributed by atoms with E-state index in [2.05, 4.69) is 10.2 Å². The summed E-state index contributed by atoms with van der Waals surface area (Å²) in [6.45, 7) is 11.7. The van der Waals surface area contributed by atoms with E-state index in [4.69, 9.17) is 10.5 Å². The van der Waals surface area contributed by atoms with Gasteiger partial charge in [0.2, 0.25) is 5.91 Å². The van der Waals surface area contributed by atoms with Gasteiger partial charge in [0.15, 0.2) is 0 Å². The summed E-state index contributed by atoms with van der Waals surface area (Å²) in [6, 6.07) is 0.241. The molecule has 0 aliphatic carbocycles. The van der Waals surface area contributed by atoms with Gasteiger partial charge in [-0.3, -0.25) is 4.79 Å². The highest BCUT2D eigenvalue weighted by Gasteiger charge is 2.32.